The van der Waals surface area contributed by atoms with Crippen LogP contribution in [0.2, 0.25) is 0 Å². The van der Waals surface area contributed by atoms with E-state index in [1.54, 1.807) is 18.2 Å². The summed E-state index contributed by atoms with van der Waals surface area (Å²) in [5, 5.41) is 13.5. The summed E-state index contributed by atoms with van der Waals surface area (Å²) >= 11 is 1.68. The lowest BCUT2D eigenvalue weighted by molar-refractivity contribution is -0.932. The molecule has 1 aliphatic heterocycles. The van der Waals surface area contributed by atoms with Gasteiger partial charge in [0, 0.05) is 5.92 Å². The maximum atomic E-state index is 8.65. The lowest BCUT2D eigenvalue weighted by Crippen LogP contribution is -3.17. The molecule has 3 N–H and O–H groups in total. The Morgan fingerprint density at radius 3 is 2.80 bits per heavy atom. The van der Waals surface area contributed by atoms with Crippen LogP contribution in [0.1, 0.15) is 32.1 Å². The number of rotatable bonds is 2. The Hall–Kier alpha value is -0.260. The van der Waals surface area contributed by atoms with Crippen molar-refractivity contribution in [2.75, 3.05) is 7.05 Å². The molecule has 0 spiro atoms. The summed E-state index contributed by atoms with van der Waals surface area (Å²) in [6.45, 7) is 0. The fourth-order valence-corrected chi connectivity index (χ4v) is 4.00. The van der Waals surface area contributed by atoms with Gasteiger partial charge in [-0.05, 0) is 24.8 Å². The SMILES string of the molecule is C[NH+]1NSC(C=NO)C1C1CCCCC1. The average Bonchev–Trinajstić information content (AvgIpc) is 2.62. The molecule has 86 valence electrons. The van der Waals surface area contributed by atoms with Crippen molar-refractivity contribution in [2.45, 2.75) is 43.4 Å². The van der Waals surface area contributed by atoms with E-state index in [-0.39, 0.29) is 0 Å². The van der Waals surface area contributed by atoms with Gasteiger partial charge >= 0.3 is 0 Å². The highest BCUT2D eigenvalue weighted by Crippen LogP contribution is 2.30. The minimum atomic E-state index is 0.318. The average molecular weight is 230 g/mol. The third-order valence-corrected chi connectivity index (χ3v) is 4.71. The highest BCUT2D eigenvalue weighted by Gasteiger charge is 2.42. The maximum absolute atomic E-state index is 8.65. The zero-order valence-electron chi connectivity index (χ0n) is 9.15. The third-order valence-electron chi connectivity index (χ3n) is 3.58. The first-order valence-electron chi connectivity index (χ1n) is 5.75. The zero-order chi connectivity index (χ0) is 10.7. The zero-order valence-corrected chi connectivity index (χ0v) is 9.96. The summed E-state index contributed by atoms with van der Waals surface area (Å²) in [5.74, 6) is 0.782. The minimum absolute atomic E-state index is 0.318. The summed E-state index contributed by atoms with van der Waals surface area (Å²) in [4.78, 5) is 3.33. The van der Waals surface area contributed by atoms with Crippen LogP contribution in [-0.2, 0) is 0 Å². The largest absolute Gasteiger partial charge is 0.411 e. The minimum Gasteiger partial charge on any atom is -0.411 e. The monoisotopic (exact) mass is 230 g/mol. The van der Waals surface area contributed by atoms with Crippen LogP contribution < -0.4 is 9.84 Å². The molecular weight excluding hydrogens is 210 g/mol. The first-order valence-corrected chi connectivity index (χ1v) is 6.63. The second-order valence-electron chi connectivity index (χ2n) is 4.56. The van der Waals surface area contributed by atoms with Crippen molar-refractivity contribution >= 4 is 18.2 Å². The van der Waals surface area contributed by atoms with Gasteiger partial charge in [0.25, 0.3) is 0 Å². The van der Waals surface area contributed by atoms with E-state index in [9.17, 15) is 0 Å². The van der Waals surface area contributed by atoms with E-state index >= 15 is 0 Å². The van der Waals surface area contributed by atoms with Crippen LogP contribution in [0.5, 0.6) is 0 Å². The van der Waals surface area contributed by atoms with Gasteiger partial charge in [0.2, 0.25) is 0 Å². The normalized spacial score (nSPS) is 38.9. The molecule has 3 unspecified atom stereocenters. The number of nitrogens with one attached hydrogen (secondary N) is 2. The van der Waals surface area contributed by atoms with Crippen molar-refractivity contribution in [1.82, 2.24) is 4.83 Å². The smallest absolute Gasteiger partial charge is 0.127 e. The maximum Gasteiger partial charge on any atom is 0.127 e. The second kappa shape index (κ2) is 5.18. The lowest BCUT2D eigenvalue weighted by Gasteiger charge is -2.29. The van der Waals surface area contributed by atoms with Crippen molar-refractivity contribution in [3.63, 3.8) is 0 Å². The molecule has 1 heterocycles. The van der Waals surface area contributed by atoms with Crippen LogP contribution in [0.4, 0.5) is 0 Å². The number of hydrogen-bond acceptors (Lipinski definition) is 4. The summed E-state index contributed by atoms with van der Waals surface area (Å²) in [5.41, 5.74) is 0. The Morgan fingerprint density at radius 2 is 2.13 bits per heavy atom. The van der Waals surface area contributed by atoms with Crippen LogP contribution in [0, 0.1) is 5.92 Å². The molecule has 2 rings (SSSR count). The molecule has 0 radical (unpaired) electrons. The van der Waals surface area contributed by atoms with E-state index < -0.39 is 0 Å². The molecule has 0 aromatic rings. The van der Waals surface area contributed by atoms with Gasteiger partial charge in [0.1, 0.15) is 11.3 Å². The van der Waals surface area contributed by atoms with E-state index in [0.717, 1.165) is 5.92 Å². The molecule has 2 aliphatic rings. The Bertz CT molecular complexity index is 231. The number of quaternary nitrogens is 1. The molecule has 1 saturated heterocycles. The van der Waals surface area contributed by atoms with Crippen molar-refractivity contribution in [3.05, 3.63) is 0 Å². The highest BCUT2D eigenvalue weighted by molar-refractivity contribution is 7.98. The van der Waals surface area contributed by atoms with Gasteiger partial charge in [-0.15, -0.1) is 9.99 Å². The lowest BCUT2D eigenvalue weighted by atomic mass is 9.82. The summed E-state index contributed by atoms with van der Waals surface area (Å²) < 4.78 is 0. The van der Waals surface area contributed by atoms with Crippen LogP contribution in [0.15, 0.2) is 5.16 Å². The first-order chi connectivity index (χ1) is 7.33. The van der Waals surface area contributed by atoms with Gasteiger partial charge in [-0.1, -0.05) is 19.3 Å². The van der Waals surface area contributed by atoms with E-state index in [0.29, 0.717) is 11.3 Å². The third kappa shape index (κ3) is 2.46. The molecule has 3 atom stereocenters. The Kier molecular flexibility index (Phi) is 3.88. The fourth-order valence-electron chi connectivity index (χ4n) is 2.85. The van der Waals surface area contributed by atoms with Gasteiger partial charge in [-0.25, -0.2) is 5.01 Å². The van der Waals surface area contributed by atoms with Crippen molar-refractivity contribution in [3.8, 4) is 0 Å². The molecule has 1 saturated carbocycles. The number of hydrogen-bond donors (Lipinski definition) is 3. The molecule has 4 nitrogen and oxygen atoms in total. The molecular formula is C10H20N3OS+. The highest BCUT2D eigenvalue weighted by atomic mass is 32.2. The molecule has 0 aromatic heterocycles. The van der Waals surface area contributed by atoms with Crippen LogP contribution in [0.25, 0.3) is 0 Å². The molecule has 1 aliphatic carbocycles. The fraction of sp³-hybridized carbons (Fsp3) is 0.900. The van der Waals surface area contributed by atoms with Crippen molar-refractivity contribution in [1.29, 1.82) is 0 Å². The van der Waals surface area contributed by atoms with E-state index in [2.05, 4.69) is 17.0 Å². The number of oxime groups is 1. The van der Waals surface area contributed by atoms with Gasteiger partial charge in [0.05, 0.1) is 13.3 Å². The molecule has 2 fully saturated rings. The summed E-state index contributed by atoms with van der Waals surface area (Å²) in [7, 11) is 2.16. The topological polar surface area (TPSA) is 49.1 Å². The molecule has 15 heavy (non-hydrogen) atoms. The van der Waals surface area contributed by atoms with Crippen molar-refractivity contribution < 1.29 is 10.2 Å². The molecule has 0 bridgehead atoms. The number of nitrogens with zero attached hydrogens (tertiary/aromatic N) is 1. The van der Waals surface area contributed by atoms with Gasteiger partial charge in [-0.2, -0.15) is 0 Å². The van der Waals surface area contributed by atoms with Crippen LogP contribution in [0.3, 0.4) is 0 Å². The summed E-state index contributed by atoms with van der Waals surface area (Å²) in [6.07, 6.45) is 8.46. The quantitative estimate of drug-likeness (QED) is 0.279. The first kappa shape index (κ1) is 11.2. The Labute approximate surface area is 95.2 Å². The second-order valence-corrected chi connectivity index (χ2v) is 5.54. The molecule has 5 heteroatoms. The van der Waals surface area contributed by atoms with Crippen molar-refractivity contribution in [2.24, 2.45) is 11.1 Å². The molecule has 0 aromatic carbocycles. The molecule has 0 amide bonds. The predicted molar refractivity (Wildman–Crippen MR) is 62.0 cm³/mol. The van der Waals surface area contributed by atoms with E-state index in [4.69, 9.17) is 5.21 Å². The summed E-state index contributed by atoms with van der Waals surface area (Å²) in [6, 6.07) is 0.561. The van der Waals surface area contributed by atoms with Crippen LogP contribution >= 0.6 is 11.9 Å². The van der Waals surface area contributed by atoms with Crippen LogP contribution in [-0.4, -0.2) is 29.8 Å². The van der Waals surface area contributed by atoms with Gasteiger partial charge in [-0.3, -0.25) is 0 Å². The Morgan fingerprint density at radius 1 is 1.40 bits per heavy atom. The van der Waals surface area contributed by atoms with Gasteiger partial charge in [0.15, 0.2) is 0 Å². The predicted octanol–water partition coefficient (Wildman–Crippen LogP) is 0.445. The van der Waals surface area contributed by atoms with Gasteiger partial charge < -0.3 is 5.21 Å². The van der Waals surface area contributed by atoms with E-state index in [1.165, 1.54) is 37.1 Å². The standard InChI is InChI=1S/C10H19N3OS/c1-13-10(8-5-3-2-4-6-8)9(7-11-14)15-12-13/h7-10,12,14H,2-6H2,1H3/p+1. The van der Waals surface area contributed by atoms with E-state index in [1.807, 2.05) is 0 Å². The Balaban J connectivity index is 2.02.